The van der Waals surface area contributed by atoms with Crippen molar-refractivity contribution < 1.29 is 9.59 Å². The van der Waals surface area contributed by atoms with E-state index < -0.39 is 0 Å². The van der Waals surface area contributed by atoms with Gasteiger partial charge in [-0.3, -0.25) is 14.5 Å². The van der Waals surface area contributed by atoms with E-state index in [1.807, 2.05) is 36.4 Å². The average molecular weight is 372 g/mol. The van der Waals surface area contributed by atoms with Crippen molar-refractivity contribution in [1.29, 1.82) is 0 Å². The number of aryl methyl sites for hydroxylation is 2. The monoisotopic (exact) mass is 372 g/mol. The van der Waals surface area contributed by atoms with Gasteiger partial charge in [-0.15, -0.1) is 0 Å². The molecule has 4 rings (SSSR count). The molecule has 0 fully saturated rings. The van der Waals surface area contributed by atoms with Gasteiger partial charge in [-0.1, -0.05) is 55.0 Å². The summed E-state index contributed by atoms with van der Waals surface area (Å²) in [5, 5.41) is 5.07. The van der Waals surface area contributed by atoms with Crippen molar-refractivity contribution in [3.63, 3.8) is 0 Å². The van der Waals surface area contributed by atoms with Crippen molar-refractivity contribution in [2.24, 2.45) is 0 Å². The van der Waals surface area contributed by atoms with Crippen LogP contribution in [0.5, 0.6) is 0 Å². The quantitative estimate of drug-likeness (QED) is 0.707. The van der Waals surface area contributed by atoms with Crippen molar-refractivity contribution in [1.82, 2.24) is 5.32 Å². The second-order valence-electron chi connectivity index (χ2n) is 7.46. The molecule has 1 aliphatic rings. The summed E-state index contributed by atoms with van der Waals surface area (Å²) in [4.78, 5) is 27.3. The summed E-state index contributed by atoms with van der Waals surface area (Å²) < 4.78 is 0. The lowest BCUT2D eigenvalue weighted by Crippen LogP contribution is -2.40. The first-order chi connectivity index (χ1) is 13.5. The van der Waals surface area contributed by atoms with Crippen LogP contribution in [0.3, 0.4) is 0 Å². The van der Waals surface area contributed by atoms with Crippen molar-refractivity contribution in [2.75, 3.05) is 11.4 Å². The molecule has 4 nitrogen and oxygen atoms in total. The van der Waals surface area contributed by atoms with Crippen LogP contribution in [0.15, 0.2) is 54.6 Å². The summed E-state index contributed by atoms with van der Waals surface area (Å²) in [6.45, 7) is 6.21. The van der Waals surface area contributed by atoms with E-state index in [1.165, 1.54) is 11.1 Å². The highest BCUT2D eigenvalue weighted by molar-refractivity contribution is 6.26. The fourth-order valence-corrected chi connectivity index (χ4v) is 4.14. The Hall–Kier alpha value is -3.14. The zero-order valence-corrected chi connectivity index (χ0v) is 16.5. The number of benzene rings is 3. The van der Waals surface area contributed by atoms with Gasteiger partial charge in [0, 0.05) is 10.9 Å². The molecule has 142 valence electrons. The molecule has 3 aromatic rings. The maximum absolute atomic E-state index is 12.9. The van der Waals surface area contributed by atoms with Gasteiger partial charge in [0.1, 0.15) is 6.54 Å². The van der Waals surface area contributed by atoms with E-state index >= 15 is 0 Å². The van der Waals surface area contributed by atoms with Gasteiger partial charge in [0.05, 0.1) is 11.7 Å². The molecule has 3 aromatic carbocycles. The molecule has 0 saturated carbocycles. The Kier molecular flexibility index (Phi) is 4.63. The van der Waals surface area contributed by atoms with E-state index in [0.717, 1.165) is 28.4 Å². The summed E-state index contributed by atoms with van der Waals surface area (Å²) in [5.74, 6) is -0.258. The minimum Gasteiger partial charge on any atom is -0.348 e. The van der Waals surface area contributed by atoms with Crippen molar-refractivity contribution in [3.8, 4) is 0 Å². The number of nitrogens with one attached hydrogen (secondary N) is 1. The van der Waals surface area contributed by atoms with E-state index in [4.69, 9.17) is 0 Å². The molecule has 4 heteroatoms. The molecular weight excluding hydrogens is 348 g/mol. The van der Waals surface area contributed by atoms with Gasteiger partial charge >= 0.3 is 0 Å². The Bertz CT molecular complexity index is 1080. The number of nitrogens with zero attached hydrogens (tertiary/aromatic N) is 1. The Morgan fingerprint density at radius 2 is 1.82 bits per heavy atom. The second kappa shape index (κ2) is 7.12. The molecule has 0 radical (unpaired) electrons. The molecule has 2 amide bonds. The van der Waals surface area contributed by atoms with Crippen LogP contribution in [0, 0.1) is 13.8 Å². The van der Waals surface area contributed by atoms with Crippen LogP contribution < -0.4 is 10.2 Å². The lowest BCUT2D eigenvalue weighted by molar-refractivity contribution is -0.120. The third kappa shape index (κ3) is 3.05. The van der Waals surface area contributed by atoms with Crippen LogP contribution in [0.2, 0.25) is 0 Å². The Labute approximate surface area is 165 Å². The third-order valence-corrected chi connectivity index (χ3v) is 5.49. The van der Waals surface area contributed by atoms with Crippen molar-refractivity contribution >= 4 is 28.3 Å². The lowest BCUT2D eigenvalue weighted by Gasteiger charge is -2.23. The van der Waals surface area contributed by atoms with E-state index in [9.17, 15) is 9.59 Å². The van der Waals surface area contributed by atoms with Crippen molar-refractivity contribution in [3.05, 3.63) is 76.9 Å². The minimum atomic E-state index is -0.148. The molecule has 0 aliphatic carbocycles. The van der Waals surface area contributed by atoms with Gasteiger partial charge in [-0.25, -0.2) is 0 Å². The first-order valence-electron chi connectivity index (χ1n) is 9.69. The maximum Gasteiger partial charge on any atom is 0.259 e. The van der Waals surface area contributed by atoms with Crippen LogP contribution >= 0.6 is 0 Å². The van der Waals surface area contributed by atoms with Gasteiger partial charge in [0.25, 0.3) is 5.91 Å². The normalized spacial score (nSPS) is 13.8. The number of amides is 2. The SMILES string of the molecule is CC[C@@H](NC(=O)CN1C(=O)c2cccc3cccc1c23)c1ccc(C)cc1C. The third-order valence-electron chi connectivity index (χ3n) is 5.49. The summed E-state index contributed by atoms with van der Waals surface area (Å²) in [5.41, 5.74) is 4.98. The first kappa shape index (κ1) is 18.2. The number of hydrogen-bond donors (Lipinski definition) is 1. The standard InChI is InChI=1S/C24H24N2O2/c1-4-20(18-12-11-15(2)13-16(18)3)25-22(27)14-26-21-10-6-8-17-7-5-9-19(23(17)21)24(26)28/h5-13,20H,4,14H2,1-3H3,(H,25,27)/t20-/m1/s1. The highest BCUT2D eigenvalue weighted by atomic mass is 16.2. The summed E-state index contributed by atoms with van der Waals surface area (Å²) in [6.07, 6.45) is 0.791. The second-order valence-corrected chi connectivity index (χ2v) is 7.46. The number of anilines is 1. The van der Waals surface area contributed by atoms with Crippen LogP contribution in [0.1, 0.15) is 46.4 Å². The first-order valence-corrected chi connectivity index (χ1v) is 9.69. The number of carbonyl (C=O) groups excluding carboxylic acids is 2. The van der Waals surface area contributed by atoms with E-state index in [1.54, 1.807) is 4.90 Å². The number of carbonyl (C=O) groups is 2. The molecular formula is C24H24N2O2. The van der Waals surface area contributed by atoms with E-state index in [-0.39, 0.29) is 24.4 Å². The highest BCUT2D eigenvalue weighted by Crippen LogP contribution is 2.37. The van der Waals surface area contributed by atoms with Gasteiger partial charge in [-0.2, -0.15) is 0 Å². The van der Waals surface area contributed by atoms with E-state index in [2.05, 4.69) is 44.3 Å². The highest BCUT2D eigenvalue weighted by Gasteiger charge is 2.31. The summed E-state index contributed by atoms with van der Waals surface area (Å²) >= 11 is 0. The van der Waals surface area contributed by atoms with Crippen LogP contribution in [-0.4, -0.2) is 18.4 Å². The molecule has 1 atom stereocenters. The molecule has 0 saturated heterocycles. The van der Waals surface area contributed by atoms with Crippen molar-refractivity contribution in [2.45, 2.75) is 33.2 Å². The Balaban J connectivity index is 1.56. The molecule has 0 spiro atoms. The van der Waals surface area contributed by atoms with Gasteiger partial charge in [0.2, 0.25) is 5.91 Å². The van der Waals surface area contributed by atoms with Gasteiger partial charge in [-0.05, 0) is 48.9 Å². The molecule has 0 aromatic heterocycles. The van der Waals surface area contributed by atoms with Crippen LogP contribution in [0.25, 0.3) is 10.8 Å². The summed E-state index contributed by atoms with van der Waals surface area (Å²) in [6, 6.07) is 17.7. The zero-order valence-electron chi connectivity index (χ0n) is 16.5. The predicted octanol–water partition coefficient (Wildman–Crippen LogP) is 4.68. The largest absolute Gasteiger partial charge is 0.348 e. The maximum atomic E-state index is 12.9. The zero-order chi connectivity index (χ0) is 19.8. The lowest BCUT2D eigenvalue weighted by atomic mass is 9.97. The molecule has 1 N–H and O–H groups in total. The number of rotatable bonds is 5. The Morgan fingerprint density at radius 1 is 1.07 bits per heavy atom. The average Bonchev–Trinajstić information content (AvgIpc) is 2.95. The van der Waals surface area contributed by atoms with Gasteiger partial charge < -0.3 is 5.32 Å². The van der Waals surface area contributed by atoms with Crippen LogP contribution in [0.4, 0.5) is 5.69 Å². The van der Waals surface area contributed by atoms with Crippen LogP contribution in [-0.2, 0) is 4.79 Å². The molecule has 1 heterocycles. The topological polar surface area (TPSA) is 49.4 Å². The minimum absolute atomic E-state index is 0.0219. The summed E-state index contributed by atoms with van der Waals surface area (Å²) in [7, 11) is 0. The fourth-order valence-electron chi connectivity index (χ4n) is 4.14. The van der Waals surface area contributed by atoms with E-state index in [0.29, 0.717) is 5.56 Å². The Morgan fingerprint density at radius 3 is 2.54 bits per heavy atom. The fraction of sp³-hybridized carbons (Fsp3) is 0.250. The van der Waals surface area contributed by atoms with Gasteiger partial charge in [0.15, 0.2) is 0 Å². The molecule has 0 bridgehead atoms. The smallest absolute Gasteiger partial charge is 0.259 e. The predicted molar refractivity (Wildman–Crippen MR) is 113 cm³/mol. The molecule has 1 aliphatic heterocycles. The molecule has 0 unspecified atom stereocenters. The number of hydrogen-bond acceptors (Lipinski definition) is 2. The molecule has 28 heavy (non-hydrogen) atoms.